The van der Waals surface area contributed by atoms with Gasteiger partial charge in [0, 0.05) is 10.7 Å². The van der Waals surface area contributed by atoms with Crippen molar-refractivity contribution in [3.05, 3.63) is 64.7 Å². The molecule has 2 aromatic rings. The lowest BCUT2D eigenvalue weighted by atomic mass is 10.1. The number of hydrogen-bond donors (Lipinski definition) is 3. The molecule has 1 aliphatic carbocycles. The quantitative estimate of drug-likeness (QED) is 0.679. The van der Waals surface area contributed by atoms with Crippen LogP contribution in [0.1, 0.15) is 36.3 Å². The molecule has 2 aromatic carbocycles. The van der Waals surface area contributed by atoms with E-state index in [0.29, 0.717) is 12.3 Å². The summed E-state index contributed by atoms with van der Waals surface area (Å²) in [4.78, 5) is 14.6. The lowest BCUT2D eigenvalue weighted by Crippen LogP contribution is -2.10. The van der Waals surface area contributed by atoms with Crippen LogP contribution in [0, 0.1) is 0 Å². The molecule has 1 saturated carbocycles. The minimum atomic E-state index is -1.06. The van der Waals surface area contributed by atoms with Crippen LogP contribution >= 0.6 is 11.6 Å². The summed E-state index contributed by atoms with van der Waals surface area (Å²) in [7, 11) is 0. The summed E-state index contributed by atoms with van der Waals surface area (Å²) in [6.45, 7) is 0.546. The Balaban J connectivity index is 0.000000188. The number of ether oxygens (including phenoxy) is 1. The zero-order valence-corrected chi connectivity index (χ0v) is 16.2. The van der Waals surface area contributed by atoms with Gasteiger partial charge in [-0.1, -0.05) is 35.9 Å². The number of amidine groups is 1. The lowest BCUT2D eigenvalue weighted by Gasteiger charge is -2.06. The summed E-state index contributed by atoms with van der Waals surface area (Å²) in [5, 5.41) is 11.7. The molecule has 1 fully saturated rings. The van der Waals surface area contributed by atoms with Crippen molar-refractivity contribution in [1.82, 2.24) is 0 Å². The number of aryl methyl sites for hydroxylation is 1. The van der Waals surface area contributed by atoms with E-state index in [0.717, 1.165) is 29.3 Å². The number of aliphatic imine (C=N–C) groups is 1. The molecule has 4 rings (SSSR count). The van der Waals surface area contributed by atoms with Crippen LogP contribution in [0.15, 0.2) is 53.5 Å². The van der Waals surface area contributed by atoms with Gasteiger partial charge in [0.15, 0.2) is 0 Å². The smallest absolute Gasteiger partial charge is 0.409 e. The van der Waals surface area contributed by atoms with Crippen LogP contribution in [0.2, 0.25) is 5.02 Å². The largest absolute Gasteiger partial charge is 0.465 e. The second-order valence-electron chi connectivity index (χ2n) is 6.92. The first kappa shape index (κ1) is 20.0. The summed E-state index contributed by atoms with van der Waals surface area (Å²) in [6.07, 6.45) is 3.39. The van der Waals surface area contributed by atoms with E-state index in [-0.39, 0.29) is 12.1 Å². The van der Waals surface area contributed by atoms with Crippen LogP contribution < -0.4 is 11.1 Å². The third kappa shape index (κ3) is 6.46. The van der Waals surface area contributed by atoms with Gasteiger partial charge >= 0.3 is 6.09 Å². The van der Waals surface area contributed by atoms with E-state index < -0.39 is 6.09 Å². The molecule has 2 aliphatic rings. The first-order valence-corrected chi connectivity index (χ1v) is 9.68. The lowest BCUT2D eigenvalue weighted by molar-refractivity contribution is 0.209. The molecule has 0 unspecified atom stereocenters. The van der Waals surface area contributed by atoms with Gasteiger partial charge in [-0.05, 0) is 67.0 Å². The van der Waals surface area contributed by atoms with E-state index in [2.05, 4.69) is 22.4 Å². The van der Waals surface area contributed by atoms with Crippen molar-refractivity contribution in [3.63, 3.8) is 0 Å². The minimum Gasteiger partial charge on any atom is -0.465 e. The number of benzene rings is 2. The van der Waals surface area contributed by atoms with Gasteiger partial charge < -0.3 is 15.6 Å². The van der Waals surface area contributed by atoms with Crippen molar-refractivity contribution in [1.29, 1.82) is 0 Å². The predicted octanol–water partition coefficient (Wildman–Crippen LogP) is 4.64. The third-order valence-corrected chi connectivity index (χ3v) is 4.88. The summed E-state index contributed by atoms with van der Waals surface area (Å²) in [5.41, 5.74) is 8.57. The van der Waals surface area contributed by atoms with Gasteiger partial charge in [-0.25, -0.2) is 9.79 Å². The number of carboxylic acid groups (broad SMARTS) is 1. The second kappa shape index (κ2) is 9.46. The van der Waals surface area contributed by atoms with Crippen molar-refractivity contribution >= 4 is 29.4 Å². The van der Waals surface area contributed by atoms with Crippen molar-refractivity contribution in [2.45, 2.75) is 37.6 Å². The Morgan fingerprint density at radius 2 is 1.86 bits per heavy atom. The van der Waals surface area contributed by atoms with E-state index in [1.807, 2.05) is 24.3 Å². The summed E-state index contributed by atoms with van der Waals surface area (Å²) >= 11 is 5.74. The molecule has 0 aromatic heterocycles. The molecule has 7 heteroatoms. The molecular weight excluding hydrogens is 378 g/mol. The molecule has 0 radical (unpaired) electrons. The van der Waals surface area contributed by atoms with Crippen LogP contribution in [0.3, 0.4) is 0 Å². The molecule has 4 N–H and O–H groups in total. The summed E-state index contributed by atoms with van der Waals surface area (Å²) in [6, 6.07) is 15.9. The maximum absolute atomic E-state index is 10.4. The summed E-state index contributed by atoms with van der Waals surface area (Å²) in [5.74, 6) is 0.845. The van der Waals surface area contributed by atoms with Crippen LogP contribution in [0.5, 0.6) is 0 Å². The SMILES string of the molecule is Clc1ccc(C2CC2)cc1.NC1=N[C@@H](CCc2ccc(NC(=O)O)cc2)CO1. The maximum Gasteiger partial charge on any atom is 0.409 e. The molecule has 0 saturated heterocycles. The van der Waals surface area contributed by atoms with Crippen LogP contribution in [-0.2, 0) is 11.2 Å². The topological polar surface area (TPSA) is 96.9 Å². The van der Waals surface area contributed by atoms with Gasteiger partial charge in [-0.15, -0.1) is 0 Å². The number of nitrogens with two attached hydrogens (primary N) is 1. The number of hydrogen-bond acceptors (Lipinski definition) is 4. The number of rotatable bonds is 5. The van der Waals surface area contributed by atoms with Crippen molar-refractivity contribution in [2.75, 3.05) is 11.9 Å². The summed E-state index contributed by atoms with van der Waals surface area (Å²) < 4.78 is 5.07. The molecule has 1 atom stereocenters. The normalized spacial score (nSPS) is 17.8. The van der Waals surface area contributed by atoms with E-state index in [4.69, 9.17) is 27.2 Å². The van der Waals surface area contributed by atoms with Gasteiger partial charge in [0.05, 0.1) is 6.04 Å². The maximum atomic E-state index is 10.4. The fourth-order valence-electron chi connectivity index (χ4n) is 2.95. The van der Waals surface area contributed by atoms with Crippen LogP contribution in [0.25, 0.3) is 0 Å². The Bertz CT molecular complexity index is 818. The van der Waals surface area contributed by atoms with Crippen molar-refractivity contribution in [2.24, 2.45) is 10.7 Å². The van der Waals surface area contributed by atoms with Gasteiger partial charge in [0.2, 0.25) is 0 Å². The number of carbonyl (C=O) groups is 1. The van der Waals surface area contributed by atoms with Crippen LogP contribution in [-0.4, -0.2) is 29.9 Å². The number of amides is 1. The minimum absolute atomic E-state index is 0.127. The highest BCUT2D eigenvalue weighted by molar-refractivity contribution is 6.30. The molecule has 6 nitrogen and oxygen atoms in total. The fraction of sp³-hybridized carbons (Fsp3) is 0.333. The molecule has 1 amide bonds. The molecule has 0 bridgehead atoms. The van der Waals surface area contributed by atoms with E-state index in [1.54, 1.807) is 12.1 Å². The molecular formula is C21H24ClN3O3. The molecule has 148 valence electrons. The Kier molecular flexibility index (Phi) is 6.76. The predicted molar refractivity (Wildman–Crippen MR) is 111 cm³/mol. The zero-order valence-electron chi connectivity index (χ0n) is 15.5. The van der Waals surface area contributed by atoms with E-state index in [1.165, 1.54) is 18.4 Å². The second-order valence-corrected chi connectivity index (χ2v) is 7.36. The van der Waals surface area contributed by atoms with E-state index in [9.17, 15) is 4.79 Å². The van der Waals surface area contributed by atoms with Gasteiger partial charge in [0.1, 0.15) is 6.61 Å². The van der Waals surface area contributed by atoms with E-state index >= 15 is 0 Å². The Hall–Kier alpha value is -2.73. The monoisotopic (exact) mass is 401 g/mol. The number of anilines is 1. The molecule has 1 aliphatic heterocycles. The average Bonchev–Trinajstić information content (AvgIpc) is 3.44. The van der Waals surface area contributed by atoms with Gasteiger partial charge in [0.25, 0.3) is 6.02 Å². The highest BCUT2D eigenvalue weighted by Gasteiger charge is 2.22. The Morgan fingerprint density at radius 3 is 2.39 bits per heavy atom. The highest BCUT2D eigenvalue weighted by Crippen LogP contribution is 2.40. The molecule has 1 heterocycles. The van der Waals surface area contributed by atoms with Crippen LogP contribution in [0.4, 0.5) is 10.5 Å². The first-order valence-electron chi connectivity index (χ1n) is 9.30. The van der Waals surface area contributed by atoms with Gasteiger partial charge in [-0.2, -0.15) is 0 Å². The Morgan fingerprint density at radius 1 is 1.18 bits per heavy atom. The standard InChI is InChI=1S/C12H15N3O3.C9H9Cl/c13-11-14-10(7-18-11)6-3-8-1-4-9(5-2-8)15-12(16)17;10-9-5-3-8(4-6-9)7-1-2-7/h1-2,4-5,10,15H,3,6-7H2,(H2,13,14)(H,16,17);3-7H,1-2H2/t10-;/m0./s1. The third-order valence-electron chi connectivity index (χ3n) is 4.62. The molecule has 0 spiro atoms. The number of halogens is 1. The fourth-order valence-corrected chi connectivity index (χ4v) is 3.07. The highest BCUT2D eigenvalue weighted by atomic mass is 35.5. The first-order chi connectivity index (χ1) is 13.5. The van der Waals surface area contributed by atoms with Gasteiger partial charge in [-0.3, -0.25) is 5.32 Å². The Labute approximate surface area is 169 Å². The van der Waals surface area contributed by atoms with Crippen molar-refractivity contribution < 1.29 is 14.6 Å². The zero-order chi connectivity index (χ0) is 19.9. The number of nitrogens with zero attached hydrogens (tertiary/aromatic N) is 1. The molecule has 28 heavy (non-hydrogen) atoms. The average molecular weight is 402 g/mol. The van der Waals surface area contributed by atoms with Crippen molar-refractivity contribution in [3.8, 4) is 0 Å². The number of nitrogens with one attached hydrogen (secondary N) is 1.